The Labute approximate surface area is 190 Å². The average molecular weight is 472 g/mol. The molecule has 174 valence electrons. The van der Waals surface area contributed by atoms with Gasteiger partial charge in [0, 0.05) is 38.3 Å². The molecule has 2 amide bonds. The zero-order valence-corrected chi connectivity index (χ0v) is 19.0. The van der Waals surface area contributed by atoms with E-state index < -0.39 is 10.0 Å². The molecule has 33 heavy (non-hydrogen) atoms. The molecule has 2 heterocycles. The van der Waals surface area contributed by atoms with Gasteiger partial charge >= 0.3 is 5.69 Å². The fourth-order valence-electron chi connectivity index (χ4n) is 3.93. The molecule has 0 radical (unpaired) electrons. The first-order valence-corrected chi connectivity index (χ1v) is 12.1. The maximum absolute atomic E-state index is 12.9. The van der Waals surface area contributed by atoms with E-state index in [-0.39, 0.29) is 55.0 Å². The van der Waals surface area contributed by atoms with Crippen LogP contribution in [0.15, 0.2) is 58.2 Å². The number of imidazole rings is 1. The molecule has 0 unspecified atom stereocenters. The zero-order valence-electron chi connectivity index (χ0n) is 18.2. The van der Waals surface area contributed by atoms with E-state index in [1.807, 2.05) is 31.2 Å². The number of piperazine rings is 1. The van der Waals surface area contributed by atoms with Crippen LogP contribution in [0.25, 0.3) is 11.0 Å². The van der Waals surface area contributed by atoms with Crippen molar-refractivity contribution in [3.05, 3.63) is 59.0 Å². The number of aryl methyl sites for hydroxylation is 2. The number of rotatable bonds is 7. The number of hydrogen-bond acceptors (Lipinski definition) is 5. The third kappa shape index (κ3) is 4.55. The molecule has 11 heteroatoms. The van der Waals surface area contributed by atoms with Crippen LogP contribution in [-0.2, 0) is 32.7 Å². The number of fused-ring (bicyclic) bond motifs is 1. The number of nitrogens with zero attached hydrogens (tertiary/aromatic N) is 3. The minimum atomic E-state index is -3.87. The molecular formula is C22H25N5O5S. The second kappa shape index (κ2) is 9.20. The average Bonchev–Trinajstić information content (AvgIpc) is 3.08. The monoisotopic (exact) mass is 471 g/mol. The van der Waals surface area contributed by atoms with E-state index in [9.17, 15) is 22.8 Å². The molecule has 1 fully saturated rings. The number of benzene rings is 2. The Kier molecular flexibility index (Phi) is 6.34. The number of hydrogen-bond donors (Lipinski definition) is 2. The van der Waals surface area contributed by atoms with Crippen molar-refractivity contribution < 1.29 is 18.0 Å². The van der Waals surface area contributed by atoms with Gasteiger partial charge in [0.05, 0.1) is 22.5 Å². The molecule has 0 bridgehead atoms. The van der Waals surface area contributed by atoms with Crippen LogP contribution in [0, 0.1) is 0 Å². The molecule has 1 aliphatic rings. The number of carbonyl (C=O) groups excluding carboxylic acids is 2. The lowest BCUT2D eigenvalue weighted by Gasteiger charge is -2.26. The fourth-order valence-corrected chi connectivity index (χ4v) is 5.38. The van der Waals surface area contributed by atoms with Crippen molar-refractivity contribution in [2.45, 2.75) is 31.3 Å². The highest BCUT2D eigenvalue weighted by Gasteiger charge is 2.29. The number of para-hydroxylation sites is 2. The fraction of sp³-hybridized carbons (Fsp3) is 0.318. The van der Waals surface area contributed by atoms with Crippen molar-refractivity contribution in [2.75, 3.05) is 25.0 Å². The van der Waals surface area contributed by atoms with Crippen molar-refractivity contribution in [1.82, 2.24) is 18.8 Å². The van der Waals surface area contributed by atoms with Gasteiger partial charge < -0.3 is 10.6 Å². The molecular weight excluding hydrogens is 446 g/mol. The predicted octanol–water partition coefficient (Wildman–Crippen LogP) is 0.972. The number of anilines is 1. The summed E-state index contributed by atoms with van der Waals surface area (Å²) in [5, 5.41) is 5.29. The van der Waals surface area contributed by atoms with E-state index in [0.29, 0.717) is 12.2 Å². The van der Waals surface area contributed by atoms with E-state index in [4.69, 9.17) is 0 Å². The Bertz CT molecular complexity index is 1380. The number of sulfonamides is 1. The van der Waals surface area contributed by atoms with Gasteiger partial charge in [-0.2, -0.15) is 4.31 Å². The Morgan fingerprint density at radius 2 is 1.79 bits per heavy atom. The quantitative estimate of drug-likeness (QED) is 0.532. The second-order valence-corrected chi connectivity index (χ2v) is 9.62. The van der Waals surface area contributed by atoms with Crippen LogP contribution < -0.4 is 16.3 Å². The van der Waals surface area contributed by atoms with Gasteiger partial charge in [-0.15, -0.1) is 0 Å². The van der Waals surface area contributed by atoms with E-state index >= 15 is 0 Å². The zero-order chi connectivity index (χ0) is 23.6. The van der Waals surface area contributed by atoms with Crippen LogP contribution in [-0.4, -0.2) is 53.3 Å². The molecule has 10 nitrogen and oxygen atoms in total. The molecule has 0 aliphatic carbocycles. The topological polar surface area (TPSA) is 123 Å². The molecule has 2 N–H and O–H groups in total. The molecule has 4 rings (SSSR count). The van der Waals surface area contributed by atoms with E-state index in [1.165, 1.54) is 18.2 Å². The van der Waals surface area contributed by atoms with Gasteiger partial charge in [-0.25, -0.2) is 13.2 Å². The minimum absolute atomic E-state index is 0.00256. The van der Waals surface area contributed by atoms with Gasteiger partial charge in [-0.1, -0.05) is 18.2 Å². The predicted molar refractivity (Wildman–Crippen MR) is 123 cm³/mol. The van der Waals surface area contributed by atoms with E-state index in [1.54, 1.807) is 15.2 Å². The van der Waals surface area contributed by atoms with Crippen LogP contribution in [0.2, 0.25) is 0 Å². The van der Waals surface area contributed by atoms with Crippen molar-refractivity contribution in [3.8, 4) is 0 Å². The normalized spacial score (nSPS) is 14.9. The van der Waals surface area contributed by atoms with Gasteiger partial charge in [0.1, 0.15) is 0 Å². The number of amides is 2. The van der Waals surface area contributed by atoms with Crippen molar-refractivity contribution >= 4 is 38.6 Å². The highest BCUT2D eigenvalue weighted by Crippen LogP contribution is 2.20. The molecule has 3 aromatic rings. The molecule has 1 aromatic heterocycles. The Balaban J connectivity index is 1.47. The first-order valence-electron chi connectivity index (χ1n) is 10.7. The van der Waals surface area contributed by atoms with Gasteiger partial charge in [0.25, 0.3) is 0 Å². The van der Waals surface area contributed by atoms with E-state index in [2.05, 4.69) is 10.6 Å². The molecule has 2 aromatic carbocycles. The number of aromatic nitrogens is 2. The van der Waals surface area contributed by atoms with Crippen LogP contribution in [0.4, 0.5) is 5.69 Å². The maximum Gasteiger partial charge on any atom is 0.329 e. The van der Waals surface area contributed by atoms with Gasteiger partial charge in [-0.3, -0.25) is 18.7 Å². The van der Waals surface area contributed by atoms with Crippen molar-refractivity contribution in [1.29, 1.82) is 0 Å². The summed E-state index contributed by atoms with van der Waals surface area (Å²) in [6.45, 7) is 2.81. The third-order valence-corrected chi connectivity index (χ3v) is 7.40. The molecule has 0 spiro atoms. The van der Waals surface area contributed by atoms with Gasteiger partial charge in [-0.05, 0) is 37.3 Å². The SMILES string of the molecule is CCn1c(=O)n(CCC(=O)Nc2cccc(S(=O)(=O)N3CCNC(=O)C3)c2)c2ccccc21. The summed E-state index contributed by atoms with van der Waals surface area (Å²) in [5.74, 6) is -0.698. The Morgan fingerprint density at radius 1 is 1.06 bits per heavy atom. The summed E-state index contributed by atoms with van der Waals surface area (Å²) >= 11 is 0. The molecule has 0 saturated carbocycles. The number of carbonyl (C=O) groups is 2. The minimum Gasteiger partial charge on any atom is -0.354 e. The molecule has 0 atom stereocenters. The third-order valence-electron chi connectivity index (χ3n) is 5.56. The smallest absolute Gasteiger partial charge is 0.329 e. The summed E-state index contributed by atoms with van der Waals surface area (Å²) in [7, 11) is -3.87. The first-order chi connectivity index (χ1) is 15.8. The summed E-state index contributed by atoms with van der Waals surface area (Å²) in [5.41, 5.74) is 1.72. The lowest BCUT2D eigenvalue weighted by molar-refractivity contribution is -0.122. The van der Waals surface area contributed by atoms with Crippen LogP contribution in [0.3, 0.4) is 0 Å². The maximum atomic E-state index is 12.9. The Morgan fingerprint density at radius 3 is 2.48 bits per heavy atom. The molecule has 1 saturated heterocycles. The van der Waals surface area contributed by atoms with Crippen LogP contribution in [0.5, 0.6) is 0 Å². The lowest BCUT2D eigenvalue weighted by atomic mass is 10.3. The Hall–Kier alpha value is -3.44. The van der Waals surface area contributed by atoms with Crippen LogP contribution in [0.1, 0.15) is 13.3 Å². The second-order valence-electron chi connectivity index (χ2n) is 7.68. The summed E-state index contributed by atoms with van der Waals surface area (Å²) < 4.78 is 30.1. The van der Waals surface area contributed by atoms with Gasteiger partial charge in [0.2, 0.25) is 21.8 Å². The van der Waals surface area contributed by atoms with Crippen molar-refractivity contribution in [3.63, 3.8) is 0 Å². The summed E-state index contributed by atoms with van der Waals surface area (Å²) in [4.78, 5) is 36.9. The molecule has 1 aliphatic heterocycles. The van der Waals surface area contributed by atoms with Gasteiger partial charge in [0.15, 0.2) is 0 Å². The largest absolute Gasteiger partial charge is 0.354 e. The van der Waals surface area contributed by atoms with Crippen LogP contribution >= 0.6 is 0 Å². The summed E-state index contributed by atoms with van der Waals surface area (Å²) in [6, 6.07) is 13.3. The number of nitrogens with one attached hydrogen (secondary N) is 2. The summed E-state index contributed by atoms with van der Waals surface area (Å²) in [6.07, 6.45) is 0.0426. The first kappa shape index (κ1) is 22.7. The van der Waals surface area contributed by atoms with Crippen molar-refractivity contribution in [2.24, 2.45) is 0 Å². The highest BCUT2D eigenvalue weighted by atomic mass is 32.2. The van der Waals surface area contributed by atoms with E-state index in [0.717, 1.165) is 15.3 Å². The lowest BCUT2D eigenvalue weighted by Crippen LogP contribution is -2.49. The standard InChI is InChI=1S/C22H25N5O5S/c1-2-26-18-8-3-4-9-19(18)27(22(26)30)12-10-20(28)24-16-6-5-7-17(14-16)33(31,32)25-13-11-23-21(29)15-25/h3-9,14H,2,10-13,15H2,1H3,(H,23,29)(H,24,28). The highest BCUT2D eigenvalue weighted by molar-refractivity contribution is 7.89.